The van der Waals surface area contributed by atoms with E-state index in [4.69, 9.17) is 0 Å². The average Bonchev–Trinajstić information content (AvgIpc) is 2.41. The van der Waals surface area contributed by atoms with Crippen molar-refractivity contribution in [1.29, 1.82) is 0 Å². The highest BCUT2D eigenvalue weighted by atomic mass is 15.2. The molecule has 1 aliphatic heterocycles. The van der Waals surface area contributed by atoms with Crippen LogP contribution >= 0.6 is 0 Å². The first-order chi connectivity index (χ1) is 8.86. The normalized spacial score (nSPS) is 18.2. The Labute approximate surface area is 112 Å². The van der Waals surface area contributed by atoms with E-state index in [0.29, 0.717) is 6.98 Å². The molecule has 0 unspecified atom stereocenters. The summed E-state index contributed by atoms with van der Waals surface area (Å²) in [6.07, 6.45) is 3.79. The van der Waals surface area contributed by atoms with E-state index in [9.17, 15) is 0 Å². The Balaban J connectivity index is 2.20. The van der Waals surface area contributed by atoms with E-state index in [-0.39, 0.29) is 0 Å². The predicted molar refractivity (Wildman–Crippen MR) is 80.2 cm³/mol. The first kappa shape index (κ1) is 13.6. The number of rotatable bonds is 5. The van der Waals surface area contributed by atoms with Gasteiger partial charge in [0.1, 0.15) is 0 Å². The maximum absolute atomic E-state index is 2.65. The zero-order valence-corrected chi connectivity index (χ0v) is 11.8. The fourth-order valence-corrected chi connectivity index (χ4v) is 3.04. The van der Waals surface area contributed by atoms with Crippen molar-refractivity contribution in [3.05, 3.63) is 30.3 Å². The Kier molecular flexibility index (Phi) is 5.27. The van der Waals surface area contributed by atoms with Crippen LogP contribution in [0.15, 0.2) is 30.3 Å². The van der Waals surface area contributed by atoms with Crippen molar-refractivity contribution in [3.63, 3.8) is 0 Å². The van der Waals surface area contributed by atoms with Gasteiger partial charge in [-0.15, -0.1) is 0 Å². The van der Waals surface area contributed by atoms with Crippen LogP contribution in [0.2, 0.25) is 0 Å². The van der Waals surface area contributed by atoms with Crippen LogP contribution in [-0.2, 0) is 0 Å². The van der Waals surface area contributed by atoms with Gasteiger partial charge in [0.25, 0.3) is 0 Å². The molecule has 98 valence electrons. The van der Waals surface area contributed by atoms with Gasteiger partial charge in [0.05, 0.1) is 0 Å². The zero-order chi connectivity index (χ0) is 12.8. The second-order valence-electron chi connectivity index (χ2n) is 5.21. The molecule has 2 nitrogen and oxygen atoms in total. The Morgan fingerprint density at radius 3 is 2.00 bits per heavy atom. The molecule has 1 saturated heterocycles. The van der Waals surface area contributed by atoms with Crippen LogP contribution in [0.3, 0.4) is 0 Å². The SMILES string of the molecule is CCCN1CCCN(CCC)B1c1ccccc1. The lowest BCUT2D eigenvalue weighted by molar-refractivity contribution is 0.287. The topological polar surface area (TPSA) is 6.48 Å². The second-order valence-corrected chi connectivity index (χ2v) is 5.21. The van der Waals surface area contributed by atoms with Gasteiger partial charge in [0.2, 0.25) is 0 Å². The Morgan fingerprint density at radius 2 is 1.50 bits per heavy atom. The Morgan fingerprint density at radius 1 is 0.944 bits per heavy atom. The lowest BCUT2D eigenvalue weighted by Crippen LogP contribution is -2.63. The molecule has 1 aromatic carbocycles. The molecule has 3 heteroatoms. The van der Waals surface area contributed by atoms with Gasteiger partial charge in [-0.05, 0) is 50.9 Å². The fourth-order valence-electron chi connectivity index (χ4n) is 3.04. The van der Waals surface area contributed by atoms with Gasteiger partial charge < -0.3 is 9.62 Å². The number of nitrogens with zero attached hydrogens (tertiary/aromatic N) is 2. The Hall–Kier alpha value is -0.795. The quantitative estimate of drug-likeness (QED) is 0.733. The van der Waals surface area contributed by atoms with Gasteiger partial charge in [0.15, 0.2) is 0 Å². The second kappa shape index (κ2) is 6.96. The minimum atomic E-state index is 0.500. The standard InChI is InChI=1S/C15H25BN2/c1-3-11-17-13-8-14-18(12-4-2)16(17)15-9-6-5-7-10-15/h5-7,9-10H,3-4,8,11-14H2,1-2H3. The first-order valence-electron chi connectivity index (χ1n) is 7.39. The summed E-state index contributed by atoms with van der Waals surface area (Å²) in [5.41, 5.74) is 1.46. The number of hydrogen-bond donors (Lipinski definition) is 0. The predicted octanol–water partition coefficient (Wildman–Crippen LogP) is 2.21. The van der Waals surface area contributed by atoms with E-state index in [1.54, 1.807) is 0 Å². The van der Waals surface area contributed by atoms with Crippen LogP contribution in [0.25, 0.3) is 0 Å². The largest absolute Gasteiger partial charge is 0.346 e. The van der Waals surface area contributed by atoms with Crippen molar-refractivity contribution in [2.75, 3.05) is 26.2 Å². The van der Waals surface area contributed by atoms with Crippen LogP contribution in [0.5, 0.6) is 0 Å². The fraction of sp³-hybridized carbons (Fsp3) is 0.600. The summed E-state index contributed by atoms with van der Waals surface area (Å²) >= 11 is 0. The molecular formula is C15H25BN2. The molecule has 0 amide bonds. The van der Waals surface area contributed by atoms with Crippen LogP contribution in [-0.4, -0.2) is 42.8 Å². The third-order valence-electron chi connectivity index (χ3n) is 3.70. The van der Waals surface area contributed by atoms with Crippen LogP contribution in [0.4, 0.5) is 0 Å². The summed E-state index contributed by atoms with van der Waals surface area (Å²) in [6, 6.07) is 11.0. The summed E-state index contributed by atoms with van der Waals surface area (Å²) in [5, 5.41) is 0. The average molecular weight is 244 g/mol. The molecule has 0 spiro atoms. The van der Waals surface area contributed by atoms with E-state index >= 15 is 0 Å². The smallest absolute Gasteiger partial charge is 0.324 e. The molecule has 0 N–H and O–H groups in total. The van der Waals surface area contributed by atoms with Gasteiger partial charge in [-0.2, -0.15) is 0 Å². The van der Waals surface area contributed by atoms with E-state index in [1.165, 1.54) is 50.9 Å². The highest BCUT2D eigenvalue weighted by Crippen LogP contribution is 2.12. The third-order valence-corrected chi connectivity index (χ3v) is 3.70. The molecule has 0 saturated carbocycles. The highest BCUT2D eigenvalue weighted by Gasteiger charge is 2.34. The summed E-state index contributed by atoms with van der Waals surface area (Å²) in [5.74, 6) is 0. The maximum Gasteiger partial charge on any atom is 0.346 e. The monoisotopic (exact) mass is 244 g/mol. The molecule has 1 heterocycles. The zero-order valence-electron chi connectivity index (χ0n) is 11.8. The van der Waals surface area contributed by atoms with Crippen LogP contribution in [0, 0.1) is 0 Å². The molecule has 1 aromatic rings. The summed E-state index contributed by atoms with van der Waals surface area (Å²) in [4.78, 5) is 5.29. The van der Waals surface area contributed by atoms with Gasteiger partial charge in [-0.25, -0.2) is 0 Å². The third kappa shape index (κ3) is 3.15. The van der Waals surface area contributed by atoms with Crippen LogP contribution in [0.1, 0.15) is 33.1 Å². The molecule has 0 aromatic heterocycles. The Bertz CT molecular complexity index is 324. The van der Waals surface area contributed by atoms with Gasteiger partial charge in [-0.1, -0.05) is 44.2 Å². The minimum absolute atomic E-state index is 0.500. The summed E-state index contributed by atoms with van der Waals surface area (Å²) < 4.78 is 0. The first-order valence-corrected chi connectivity index (χ1v) is 7.39. The number of hydrogen-bond acceptors (Lipinski definition) is 2. The van der Waals surface area contributed by atoms with E-state index in [2.05, 4.69) is 53.8 Å². The molecule has 2 rings (SSSR count). The molecule has 18 heavy (non-hydrogen) atoms. The molecular weight excluding hydrogens is 219 g/mol. The van der Waals surface area contributed by atoms with Crippen molar-refractivity contribution >= 4 is 12.4 Å². The minimum Gasteiger partial charge on any atom is -0.324 e. The van der Waals surface area contributed by atoms with E-state index < -0.39 is 0 Å². The summed E-state index contributed by atoms with van der Waals surface area (Å²) in [7, 11) is 0. The van der Waals surface area contributed by atoms with Crippen molar-refractivity contribution in [2.45, 2.75) is 33.1 Å². The summed E-state index contributed by atoms with van der Waals surface area (Å²) in [6.45, 7) is 9.96. The van der Waals surface area contributed by atoms with E-state index in [0.717, 1.165) is 0 Å². The molecule has 0 bridgehead atoms. The lowest BCUT2D eigenvalue weighted by atomic mass is 9.62. The van der Waals surface area contributed by atoms with Gasteiger partial charge >= 0.3 is 6.98 Å². The molecule has 1 aliphatic rings. The van der Waals surface area contributed by atoms with Crippen molar-refractivity contribution in [3.8, 4) is 0 Å². The van der Waals surface area contributed by atoms with Crippen LogP contribution < -0.4 is 5.46 Å². The lowest BCUT2D eigenvalue weighted by Gasteiger charge is -2.41. The van der Waals surface area contributed by atoms with Gasteiger partial charge in [-0.3, -0.25) is 0 Å². The highest BCUT2D eigenvalue weighted by molar-refractivity contribution is 6.68. The molecule has 0 aliphatic carbocycles. The molecule has 1 fully saturated rings. The van der Waals surface area contributed by atoms with Gasteiger partial charge in [0, 0.05) is 0 Å². The molecule has 0 atom stereocenters. The van der Waals surface area contributed by atoms with Crippen molar-refractivity contribution in [2.24, 2.45) is 0 Å². The number of benzene rings is 1. The maximum atomic E-state index is 2.65. The molecule has 0 radical (unpaired) electrons. The van der Waals surface area contributed by atoms with Crippen molar-refractivity contribution in [1.82, 2.24) is 9.62 Å². The van der Waals surface area contributed by atoms with E-state index in [1.807, 2.05) is 0 Å². The van der Waals surface area contributed by atoms with Crippen molar-refractivity contribution < 1.29 is 0 Å².